The molecule has 1 aromatic carbocycles. The summed E-state index contributed by atoms with van der Waals surface area (Å²) in [6.07, 6.45) is 4.09. The summed E-state index contributed by atoms with van der Waals surface area (Å²) in [5.74, 6) is -0.497. The Morgan fingerprint density at radius 1 is 1.36 bits per heavy atom. The van der Waals surface area contributed by atoms with E-state index in [0.29, 0.717) is 32.1 Å². The summed E-state index contributed by atoms with van der Waals surface area (Å²) < 4.78 is 10.9. The average Bonchev–Trinajstić information content (AvgIpc) is 3.17. The first-order valence-corrected chi connectivity index (χ1v) is 9.57. The van der Waals surface area contributed by atoms with Crippen molar-refractivity contribution >= 4 is 18.0 Å². The van der Waals surface area contributed by atoms with E-state index >= 15 is 0 Å². The monoisotopic (exact) mass is 390 g/mol. The van der Waals surface area contributed by atoms with Crippen molar-refractivity contribution in [3.8, 4) is 0 Å². The van der Waals surface area contributed by atoms with Crippen molar-refractivity contribution in [3.05, 3.63) is 41.5 Å². The molecule has 2 atom stereocenters. The van der Waals surface area contributed by atoms with Crippen LogP contribution >= 0.6 is 0 Å². The van der Waals surface area contributed by atoms with Gasteiger partial charge in [0, 0.05) is 19.0 Å². The van der Waals surface area contributed by atoms with E-state index in [2.05, 4.69) is 19.2 Å². The molecule has 0 radical (unpaired) electrons. The topological polar surface area (TPSA) is 96.9 Å². The maximum atomic E-state index is 12.8. The van der Waals surface area contributed by atoms with Crippen LogP contribution in [0.5, 0.6) is 0 Å². The van der Waals surface area contributed by atoms with Crippen LogP contribution in [-0.2, 0) is 25.6 Å². The number of esters is 1. The van der Waals surface area contributed by atoms with Gasteiger partial charge in [-0.1, -0.05) is 38.1 Å². The molecule has 0 unspecified atom stereocenters. The van der Waals surface area contributed by atoms with Crippen molar-refractivity contribution in [3.63, 3.8) is 0 Å². The van der Waals surface area contributed by atoms with E-state index in [0.717, 1.165) is 17.5 Å². The lowest BCUT2D eigenvalue weighted by atomic mass is 9.90. The normalized spacial score (nSPS) is 19.0. The maximum absolute atomic E-state index is 12.8. The van der Waals surface area contributed by atoms with Crippen molar-refractivity contribution < 1.29 is 24.3 Å². The first-order chi connectivity index (χ1) is 13.3. The summed E-state index contributed by atoms with van der Waals surface area (Å²) >= 11 is 0. The Labute approximate surface area is 166 Å². The van der Waals surface area contributed by atoms with Gasteiger partial charge in [-0.2, -0.15) is 0 Å². The number of carbonyl (C=O) groups is 2. The molecule has 1 saturated heterocycles. The van der Waals surface area contributed by atoms with Gasteiger partial charge in [0.15, 0.2) is 0 Å². The minimum Gasteiger partial charge on any atom is -0.458 e. The second kappa shape index (κ2) is 10.4. The Balaban J connectivity index is 1.99. The molecule has 1 fully saturated rings. The van der Waals surface area contributed by atoms with Gasteiger partial charge < -0.3 is 9.47 Å². The molecule has 0 bridgehead atoms. The van der Waals surface area contributed by atoms with Crippen molar-refractivity contribution in [2.75, 3.05) is 13.2 Å². The summed E-state index contributed by atoms with van der Waals surface area (Å²) in [5.41, 5.74) is 2.61. The van der Waals surface area contributed by atoms with E-state index in [4.69, 9.17) is 14.7 Å². The van der Waals surface area contributed by atoms with Gasteiger partial charge in [0.05, 0.1) is 13.2 Å². The van der Waals surface area contributed by atoms with Crippen LogP contribution in [0.1, 0.15) is 44.7 Å². The number of hydrogen-bond donors (Lipinski definition) is 3. The third-order valence-electron chi connectivity index (χ3n) is 4.63. The molecule has 7 nitrogen and oxygen atoms in total. The molecule has 28 heavy (non-hydrogen) atoms. The highest BCUT2D eigenvalue weighted by atomic mass is 16.6. The number of hydroxylamine groups is 1. The van der Waals surface area contributed by atoms with Gasteiger partial charge in [0.1, 0.15) is 11.6 Å². The second-order valence-electron chi connectivity index (χ2n) is 7.73. The second-order valence-corrected chi connectivity index (χ2v) is 7.73. The first kappa shape index (κ1) is 22.1. The van der Waals surface area contributed by atoms with Crippen LogP contribution in [0, 0.1) is 5.92 Å². The van der Waals surface area contributed by atoms with Gasteiger partial charge in [-0.25, -0.2) is 5.48 Å². The fourth-order valence-corrected chi connectivity index (χ4v) is 3.18. The Morgan fingerprint density at radius 3 is 2.64 bits per heavy atom. The number of benzene rings is 1. The Morgan fingerprint density at radius 2 is 2.07 bits per heavy atom. The molecule has 1 amide bonds. The fraction of sp³-hybridized carbons (Fsp3) is 0.524. The van der Waals surface area contributed by atoms with Crippen LogP contribution in [0.4, 0.5) is 0 Å². The predicted octanol–water partition coefficient (Wildman–Crippen LogP) is 2.43. The van der Waals surface area contributed by atoms with Gasteiger partial charge in [0.25, 0.3) is 5.91 Å². The van der Waals surface area contributed by atoms with Gasteiger partial charge in [-0.15, -0.1) is 0 Å². The van der Waals surface area contributed by atoms with Crippen LogP contribution in [0.3, 0.4) is 0 Å². The first-order valence-electron chi connectivity index (χ1n) is 9.57. The smallest absolute Gasteiger partial charge is 0.326 e. The highest BCUT2D eigenvalue weighted by Gasteiger charge is 2.37. The number of ether oxygens (including phenoxy) is 2. The fourth-order valence-electron chi connectivity index (χ4n) is 3.18. The molecular formula is C21H30N2O5. The van der Waals surface area contributed by atoms with Crippen molar-refractivity contribution in [1.29, 1.82) is 0 Å². The standard InChI is InChI=1S/C21H30N2O5/c1-15(2)12-21(3,20(25)28-18-10-11-27-14-18)22-13-17-6-4-16(5-7-17)8-9-19(24)23-26/h4-9,15,18,22,26H,10-14H2,1-3H3,(H,23,24)/t18-,21-/m1/s1. The van der Waals surface area contributed by atoms with E-state index in [1.807, 2.05) is 31.2 Å². The Hall–Kier alpha value is -2.22. The van der Waals surface area contributed by atoms with Crippen molar-refractivity contribution in [1.82, 2.24) is 10.8 Å². The lowest BCUT2D eigenvalue weighted by Crippen LogP contribution is -2.52. The van der Waals surface area contributed by atoms with Crippen molar-refractivity contribution in [2.45, 2.75) is 51.8 Å². The molecule has 0 aliphatic carbocycles. The van der Waals surface area contributed by atoms with Crippen LogP contribution < -0.4 is 10.8 Å². The third kappa shape index (κ3) is 6.74. The number of nitrogens with one attached hydrogen (secondary N) is 2. The predicted molar refractivity (Wildman–Crippen MR) is 105 cm³/mol. The maximum Gasteiger partial charge on any atom is 0.326 e. The summed E-state index contributed by atoms with van der Waals surface area (Å²) in [7, 11) is 0. The minimum absolute atomic E-state index is 0.164. The highest BCUT2D eigenvalue weighted by molar-refractivity contribution is 5.90. The zero-order valence-electron chi connectivity index (χ0n) is 16.7. The molecule has 154 valence electrons. The molecule has 0 aromatic heterocycles. The minimum atomic E-state index is -0.783. The Kier molecular flexibility index (Phi) is 8.17. The number of hydrogen-bond acceptors (Lipinski definition) is 6. The quantitative estimate of drug-likeness (QED) is 0.259. The number of carbonyl (C=O) groups excluding carboxylic acids is 2. The van der Waals surface area contributed by atoms with Crippen LogP contribution in [-0.4, -0.2) is 41.9 Å². The van der Waals surface area contributed by atoms with Crippen LogP contribution in [0.2, 0.25) is 0 Å². The SMILES string of the molecule is CC(C)C[C@@](C)(NCc1ccc(C=CC(=O)NO)cc1)C(=O)O[C@@H]1CCOC1. The van der Waals surface area contributed by atoms with E-state index < -0.39 is 11.4 Å². The zero-order chi connectivity index (χ0) is 20.6. The third-order valence-corrected chi connectivity index (χ3v) is 4.63. The number of rotatable bonds is 9. The molecule has 3 N–H and O–H groups in total. The number of amides is 1. The molecule has 1 aromatic rings. The van der Waals surface area contributed by atoms with Gasteiger partial charge in [0.2, 0.25) is 0 Å². The van der Waals surface area contributed by atoms with Crippen LogP contribution in [0.15, 0.2) is 30.3 Å². The van der Waals surface area contributed by atoms with Gasteiger partial charge >= 0.3 is 5.97 Å². The largest absolute Gasteiger partial charge is 0.458 e. The van der Waals surface area contributed by atoms with Crippen molar-refractivity contribution in [2.24, 2.45) is 5.92 Å². The van der Waals surface area contributed by atoms with E-state index in [1.165, 1.54) is 6.08 Å². The van der Waals surface area contributed by atoms with E-state index in [-0.39, 0.29) is 12.1 Å². The average molecular weight is 390 g/mol. The molecule has 0 spiro atoms. The zero-order valence-corrected chi connectivity index (χ0v) is 16.7. The summed E-state index contributed by atoms with van der Waals surface area (Å²) in [6.45, 7) is 7.65. The lowest BCUT2D eigenvalue weighted by molar-refractivity contribution is -0.157. The van der Waals surface area contributed by atoms with Gasteiger partial charge in [-0.3, -0.25) is 20.1 Å². The van der Waals surface area contributed by atoms with E-state index in [1.54, 1.807) is 11.6 Å². The molecule has 2 rings (SSSR count). The molecular weight excluding hydrogens is 360 g/mol. The molecule has 0 saturated carbocycles. The molecule has 1 heterocycles. The van der Waals surface area contributed by atoms with Crippen LogP contribution in [0.25, 0.3) is 6.08 Å². The highest BCUT2D eigenvalue weighted by Crippen LogP contribution is 2.22. The molecule has 1 aliphatic heterocycles. The molecule has 1 aliphatic rings. The van der Waals surface area contributed by atoms with Gasteiger partial charge in [-0.05, 0) is 36.5 Å². The molecule has 7 heteroatoms. The Bertz CT molecular complexity index is 681. The summed E-state index contributed by atoms with van der Waals surface area (Å²) in [6, 6.07) is 7.59. The van der Waals surface area contributed by atoms with E-state index in [9.17, 15) is 9.59 Å². The summed E-state index contributed by atoms with van der Waals surface area (Å²) in [5, 5.41) is 11.9. The summed E-state index contributed by atoms with van der Waals surface area (Å²) in [4.78, 5) is 23.8. The lowest BCUT2D eigenvalue weighted by Gasteiger charge is -2.31.